The number of aryl methyl sites for hydroxylation is 1. The summed E-state index contributed by atoms with van der Waals surface area (Å²) in [6.45, 7) is 0. The lowest BCUT2D eigenvalue weighted by Crippen LogP contribution is -1.95. The molecular formula is C11H9ClN2O. The molecule has 0 fully saturated rings. The molecule has 15 heavy (non-hydrogen) atoms. The van der Waals surface area contributed by atoms with Gasteiger partial charge in [0.15, 0.2) is 6.29 Å². The molecule has 76 valence electrons. The maximum atomic E-state index is 10.8. The van der Waals surface area contributed by atoms with E-state index < -0.39 is 0 Å². The Morgan fingerprint density at radius 3 is 2.93 bits per heavy atom. The topological polar surface area (TPSA) is 34.9 Å². The molecule has 0 saturated carbocycles. The molecule has 0 N–H and O–H groups in total. The molecule has 0 amide bonds. The van der Waals surface area contributed by atoms with Crippen molar-refractivity contribution in [1.29, 1.82) is 0 Å². The fourth-order valence-electron chi connectivity index (χ4n) is 1.53. The molecule has 2 rings (SSSR count). The van der Waals surface area contributed by atoms with E-state index in [4.69, 9.17) is 11.6 Å². The Bertz CT molecular complexity index is 505. The van der Waals surface area contributed by atoms with E-state index in [9.17, 15) is 4.79 Å². The van der Waals surface area contributed by atoms with Crippen LogP contribution in [-0.2, 0) is 7.05 Å². The van der Waals surface area contributed by atoms with Gasteiger partial charge in [0.2, 0.25) is 0 Å². The second-order valence-electron chi connectivity index (χ2n) is 3.20. The quantitative estimate of drug-likeness (QED) is 0.729. The van der Waals surface area contributed by atoms with Crippen LogP contribution in [0.2, 0.25) is 5.02 Å². The van der Waals surface area contributed by atoms with E-state index in [0.717, 1.165) is 17.5 Å². The molecule has 3 nitrogen and oxygen atoms in total. The average Bonchev–Trinajstić information content (AvgIpc) is 2.59. The smallest absolute Gasteiger partial charge is 0.153 e. The summed E-state index contributed by atoms with van der Waals surface area (Å²) in [7, 11) is 1.79. The highest BCUT2D eigenvalue weighted by Crippen LogP contribution is 2.24. The van der Waals surface area contributed by atoms with Crippen LogP contribution in [0.25, 0.3) is 11.3 Å². The largest absolute Gasteiger partial charge is 0.298 e. The Labute approximate surface area is 92.3 Å². The Kier molecular flexibility index (Phi) is 2.56. The van der Waals surface area contributed by atoms with Gasteiger partial charge in [-0.3, -0.25) is 9.48 Å². The second kappa shape index (κ2) is 3.87. The minimum absolute atomic E-state index is 0.569. The monoisotopic (exact) mass is 220 g/mol. The third-order valence-corrected chi connectivity index (χ3v) is 2.43. The Morgan fingerprint density at radius 2 is 2.27 bits per heavy atom. The van der Waals surface area contributed by atoms with E-state index in [1.807, 2.05) is 18.2 Å². The zero-order chi connectivity index (χ0) is 10.8. The van der Waals surface area contributed by atoms with Gasteiger partial charge in [-0.15, -0.1) is 0 Å². The molecule has 2 aromatic rings. The van der Waals surface area contributed by atoms with E-state index >= 15 is 0 Å². The van der Waals surface area contributed by atoms with Crippen molar-refractivity contribution in [3.05, 3.63) is 41.0 Å². The van der Waals surface area contributed by atoms with E-state index in [-0.39, 0.29) is 0 Å². The molecule has 0 aliphatic rings. The zero-order valence-corrected chi connectivity index (χ0v) is 8.90. The molecule has 1 aromatic heterocycles. The number of benzene rings is 1. The minimum atomic E-state index is 0.569. The molecule has 1 aromatic carbocycles. The molecule has 0 unspecified atom stereocenters. The van der Waals surface area contributed by atoms with E-state index in [1.54, 1.807) is 24.0 Å². The lowest BCUT2D eigenvalue weighted by molar-refractivity contribution is 0.112. The maximum Gasteiger partial charge on any atom is 0.153 e. The van der Waals surface area contributed by atoms with Crippen LogP contribution in [0, 0.1) is 0 Å². The molecule has 0 bridgehead atoms. The van der Waals surface area contributed by atoms with Crippen molar-refractivity contribution in [2.75, 3.05) is 0 Å². The van der Waals surface area contributed by atoms with Crippen LogP contribution in [0.5, 0.6) is 0 Å². The molecule has 0 saturated heterocycles. The number of carbonyl (C=O) groups is 1. The van der Waals surface area contributed by atoms with Crippen LogP contribution in [0.1, 0.15) is 10.4 Å². The summed E-state index contributed by atoms with van der Waals surface area (Å²) in [5.41, 5.74) is 2.25. The SMILES string of the molecule is Cn1ncc(C=O)c1-c1cccc(Cl)c1. The average molecular weight is 221 g/mol. The van der Waals surface area contributed by atoms with Crippen molar-refractivity contribution >= 4 is 17.9 Å². The fourth-order valence-corrected chi connectivity index (χ4v) is 1.72. The fraction of sp³-hybridized carbons (Fsp3) is 0.0909. The molecule has 0 spiro atoms. The van der Waals surface area contributed by atoms with Gasteiger partial charge >= 0.3 is 0 Å². The number of nitrogens with zero attached hydrogens (tertiary/aromatic N) is 2. The van der Waals surface area contributed by atoms with Crippen LogP contribution in [0.4, 0.5) is 0 Å². The molecule has 4 heteroatoms. The third-order valence-electron chi connectivity index (χ3n) is 2.19. The molecule has 0 atom stereocenters. The van der Waals surface area contributed by atoms with E-state index in [2.05, 4.69) is 5.10 Å². The van der Waals surface area contributed by atoms with Crippen LogP contribution >= 0.6 is 11.6 Å². The minimum Gasteiger partial charge on any atom is -0.298 e. The van der Waals surface area contributed by atoms with Crippen LogP contribution in [-0.4, -0.2) is 16.1 Å². The molecule has 1 heterocycles. The summed E-state index contributed by atoms with van der Waals surface area (Å²) in [4.78, 5) is 10.8. The summed E-state index contributed by atoms with van der Waals surface area (Å²) in [6, 6.07) is 7.35. The van der Waals surface area contributed by atoms with Gasteiger partial charge in [0.25, 0.3) is 0 Å². The van der Waals surface area contributed by atoms with Crippen molar-refractivity contribution in [2.24, 2.45) is 7.05 Å². The van der Waals surface area contributed by atoms with Gasteiger partial charge in [0.1, 0.15) is 0 Å². The van der Waals surface area contributed by atoms with Crippen molar-refractivity contribution in [2.45, 2.75) is 0 Å². The summed E-state index contributed by atoms with van der Waals surface area (Å²) in [6.07, 6.45) is 2.34. The number of hydrogen-bond acceptors (Lipinski definition) is 2. The molecule has 0 aliphatic heterocycles. The first-order valence-electron chi connectivity index (χ1n) is 4.45. The number of rotatable bonds is 2. The van der Waals surface area contributed by atoms with Crippen molar-refractivity contribution in [3.63, 3.8) is 0 Å². The number of hydrogen-bond donors (Lipinski definition) is 0. The van der Waals surface area contributed by atoms with Gasteiger partial charge in [-0.25, -0.2) is 0 Å². The summed E-state index contributed by atoms with van der Waals surface area (Å²) in [5.74, 6) is 0. The lowest BCUT2D eigenvalue weighted by Gasteiger charge is -2.03. The van der Waals surface area contributed by atoms with Crippen LogP contribution in [0.15, 0.2) is 30.5 Å². The predicted octanol–water partition coefficient (Wildman–Crippen LogP) is 2.55. The van der Waals surface area contributed by atoms with Gasteiger partial charge in [0.05, 0.1) is 17.5 Å². The van der Waals surface area contributed by atoms with Crippen molar-refractivity contribution < 1.29 is 4.79 Å². The number of carbonyl (C=O) groups excluding carboxylic acids is 1. The molecular weight excluding hydrogens is 212 g/mol. The second-order valence-corrected chi connectivity index (χ2v) is 3.64. The standard InChI is InChI=1S/C11H9ClN2O/c1-14-11(9(7-15)6-13-14)8-3-2-4-10(12)5-8/h2-7H,1H3. The number of aromatic nitrogens is 2. The van der Waals surface area contributed by atoms with Crippen LogP contribution < -0.4 is 0 Å². The number of aldehydes is 1. The molecule has 0 radical (unpaired) electrons. The third kappa shape index (κ3) is 1.78. The Morgan fingerprint density at radius 1 is 1.47 bits per heavy atom. The lowest BCUT2D eigenvalue weighted by atomic mass is 10.1. The van der Waals surface area contributed by atoms with Gasteiger partial charge < -0.3 is 0 Å². The summed E-state index contributed by atoms with van der Waals surface area (Å²) >= 11 is 5.89. The predicted molar refractivity (Wildman–Crippen MR) is 59.0 cm³/mol. The summed E-state index contributed by atoms with van der Waals surface area (Å²) < 4.78 is 1.66. The van der Waals surface area contributed by atoms with Crippen LogP contribution in [0.3, 0.4) is 0 Å². The van der Waals surface area contributed by atoms with Gasteiger partial charge in [-0.1, -0.05) is 23.7 Å². The highest BCUT2D eigenvalue weighted by Gasteiger charge is 2.09. The first-order valence-corrected chi connectivity index (χ1v) is 4.83. The first-order chi connectivity index (χ1) is 7.22. The Hall–Kier alpha value is -1.61. The molecule has 0 aliphatic carbocycles. The van der Waals surface area contributed by atoms with Gasteiger partial charge in [-0.2, -0.15) is 5.10 Å². The Balaban J connectivity index is 2.62. The summed E-state index contributed by atoms with van der Waals surface area (Å²) in [5, 5.41) is 4.68. The van der Waals surface area contributed by atoms with E-state index in [1.165, 1.54) is 0 Å². The number of halogens is 1. The van der Waals surface area contributed by atoms with Gasteiger partial charge in [0, 0.05) is 17.6 Å². The van der Waals surface area contributed by atoms with Gasteiger partial charge in [-0.05, 0) is 12.1 Å². The highest BCUT2D eigenvalue weighted by atomic mass is 35.5. The van der Waals surface area contributed by atoms with E-state index in [0.29, 0.717) is 10.6 Å². The zero-order valence-electron chi connectivity index (χ0n) is 8.14. The van der Waals surface area contributed by atoms with Crippen molar-refractivity contribution in [3.8, 4) is 11.3 Å². The maximum absolute atomic E-state index is 10.8. The normalized spacial score (nSPS) is 10.3. The van der Waals surface area contributed by atoms with Crippen molar-refractivity contribution in [1.82, 2.24) is 9.78 Å². The first kappa shape index (κ1) is 9.93. The highest BCUT2D eigenvalue weighted by molar-refractivity contribution is 6.30.